The lowest BCUT2D eigenvalue weighted by molar-refractivity contribution is -0.143. The quantitative estimate of drug-likeness (QED) is 0.0638. The predicted octanol–water partition coefficient (Wildman–Crippen LogP) is 9.88. The molecule has 0 heterocycles. The summed E-state index contributed by atoms with van der Waals surface area (Å²) < 4.78 is 0. The molecule has 0 bridgehead atoms. The molecule has 0 aromatic rings. The van der Waals surface area contributed by atoms with Crippen molar-refractivity contribution in [1.29, 1.82) is 0 Å². The summed E-state index contributed by atoms with van der Waals surface area (Å²) >= 11 is 0. The molecule has 0 aliphatic rings. The minimum Gasteiger partial charge on any atom is -0.291 e. The molecule has 0 aromatic carbocycles. The van der Waals surface area contributed by atoms with Crippen molar-refractivity contribution in [1.82, 2.24) is 0 Å². The Morgan fingerprint density at radius 1 is 0.382 bits per heavy atom. The van der Waals surface area contributed by atoms with E-state index in [1.165, 1.54) is 148 Å². The Labute approximate surface area is 212 Å². The van der Waals surface area contributed by atoms with Crippen LogP contribution in [0.15, 0.2) is 0 Å². The second-order valence-electron chi connectivity index (χ2n) is 10.5. The molecule has 34 heavy (non-hydrogen) atoms. The third-order valence-electron chi connectivity index (χ3n) is 7.08. The van der Waals surface area contributed by atoms with Crippen molar-refractivity contribution in [2.45, 2.75) is 181 Å². The van der Waals surface area contributed by atoms with E-state index in [9.17, 15) is 14.4 Å². The fourth-order valence-electron chi connectivity index (χ4n) is 4.73. The normalized spacial score (nSPS) is 11.1. The smallest absolute Gasteiger partial charge is 0.263 e. The van der Waals surface area contributed by atoms with Crippen molar-refractivity contribution in [2.75, 3.05) is 0 Å². The van der Waals surface area contributed by atoms with Crippen LogP contribution in [0.1, 0.15) is 181 Å². The van der Waals surface area contributed by atoms with Crippen molar-refractivity contribution in [3.63, 3.8) is 0 Å². The second kappa shape index (κ2) is 26.6. The summed E-state index contributed by atoms with van der Waals surface area (Å²) in [5, 5.41) is 0. The van der Waals surface area contributed by atoms with E-state index in [0.29, 0.717) is 0 Å². The van der Waals surface area contributed by atoms with Gasteiger partial charge < -0.3 is 0 Å². The van der Waals surface area contributed by atoms with Gasteiger partial charge in [-0.25, -0.2) is 0 Å². The number of carbonyl (C=O) groups is 3. The molecule has 0 N–H and O–H groups in total. The van der Waals surface area contributed by atoms with Gasteiger partial charge in [0.1, 0.15) is 0 Å². The number of Topliss-reactive ketones (excluding diaryl/α,β-unsaturated/α-hetero) is 3. The Hall–Kier alpha value is -0.990. The highest BCUT2D eigenvalue weighted by atomic mass is 16.2. The van der Waals surface area contributed by atoms with Gasteiger partial charge in [0, 0.05) is 13.3 Å². The van der Waals surface area contributed by atoms with Gasteiger partial charge in [-0.15, -0.1) is 0 Å². The Morgan fingerprint density at radius 3 is 0.853 bits per heavy atom. The number of hydrogen-bond acceptors (Lipinski definition) is 3. The van der Waals surface area contributed by atoms with E-state index < -0.39 is 17.3 Å². The molecule has 200 valence electrons. The maximum atomic E-state index is 11.4. The van der Waals surface area contributed by atoms with Crippen LogP contribution in [-0.2, 0) is 14.4 Å². The summed E-state index contributed by atoms with van der Waals surface area (Å²) in [5.74, 6) is -1.98. The van der Waals surface area contributed by atoms with E-state index in [1.807, 2.05) is 0 Å². The highest BCUT2D eigenvalue weighted by Gasteiger charge is 2.17. The van der Waals surface area contributed by atoms with Crippen LogP contribution in [0, 0.1) is 0 Å². The molecule has 0 fully saturated rings. The average molecular weight is 479 g/mol. The molecule has 0 spiro atoms. The van der Waals surface area contributed by atoms with Gasteiger partial charge in [0.2, 0.25) is 11.6 Å². The molecule has 0 amide bonds. The minimum atomic E-state index is -0.829. The molecule has 0 aromatic heterocycles. The van der Waals surface area contributed by atoms with Gasteiger partial charge in [-0.05, 0) is 6.42 Å². The van der Waals surface area contributed by atoms with Crippen LogP contribution in [0.5, 0.6) is 0 Å². The maximum absolute atomic E-state index is 11.4. The highest BCUT2D eigenvalue weighted by molar-refractivity contribution is 6.63. The zero-order chi connectivity index (χ0) is 25.1. The molecule has 0 atom stereocenters. The first-order valence-electron chi connectivity index (χ1n) is 15.2. The first kappa shape index (κ1) is 33.0. The Balaban J connectivity index is 3.12. The molecule has 0 rings (SSSR count). The molecule has 0 saturated carbocycles. The molecule has 3 heteroatoms. The summed E-state index contributed by atoms with van der Waals surface area (Å²) in [7, 11) is 0. The van der Waals surface area contributed by atoms with Crippen molar-refractivity contribution in [3.05, 3.63) is 0 Å². The molecule has 0 aliphatic carbocycles. The minimum absolute atomic E-state index is 0.234. The monoisotopic (exact) mass is 478 g/mol. The van der Waals surface area contributed by atoms with E-state index in [1.54, 1.807) is 0 Å². The lowest BCUT2D eigenvalue weighted by Gasteiger charge is -2.04. The SMILES string of the molecule is CCCCCCCCCCCCCCCCCCCCCCCCCCCC(=O)C(=O)C(C)=O. The average Bonchev–Trinajstić information content (AvgIpc) is 2.83. The van der Waals surface area contributed by atoms with Gasteiger partial charge >= 0.3 is 0 Å². The van der Waals surface area contributed by atoms with Crippen molar-refractivity contribution >= 4 is 17.3 Å². The van der Waals surface area contributed by atoms with E-state index in [0.717, 1.165) is 19.3 Å². The molecular formula is C31H58O3. The van der Waals surface area contributed by atoms with Crippen LogP contribution >= 0.6 is 0 Å². The molecule has 0 saturated heterocycles. The zero-order valence-electron chi connectivity index (χ0n) is 23.1. The van der Waals surface area contributed by atoms with Gasteiger partial charge in [0.25, 0.3) is 5.78 Å². The Morgan fingerprint density at radius 2 is 0.618 bits per heavy atom. The third-order valence-corrected chi connectivity index (χ3v) is 7.08. The van der Waals surface area contributed by atoms with E-state index in [2.05, 4.69) is 6.92 Å². The maximum Gasteiger partial charge on any atom is 0.263 e. The number of unbranched alkanes of at least 4 members (excludes halogenated alkanes) is 24. The summed E-state index contributed by atoms with van der Waals surface area (Å²) in [6.45, 7) is 3.46. The predicted molar refractivity (Wildman–Crippen MR) is 146 cm³/mol. The van der Waals surface area contributed by atoms with Crippen molar-refractivity contribution in [3.8, 4) is 0 Å². The molecule has 0 radical (unpaired) electrons. The topological polar surface area (TPSA) is 51.2 Å². The number of ketones is 3. The van der Waals surface area contributed by atoms with Crippen molar-refractivity contribution in [2.24, 2.45) is 0 Å². The first-order chi connectivity index (χ1) is 16.6. The van der Waals surface area contributed by atoms with Crippen LogP contribution < -0.4 is 0 Å². The van der Waals surface area contributed by atoms with Gasteiger partial charge in [0.05, 0.1) is 0 Å². The first-order valence-corrected chi connectivity index (χ1v) is 15.2. The fraction of sp³-hybridized carbons (Fsp3) is 0.903. The lowest BCUT2D eigenvalue weighted by Crippen LogP contribution is -2.20. The summed E-state index contributed by atoms with van der Waals surface area (Å²) in [5.41, 5.74) is 0. The van der Waals surface area contributed by atoms with Gasteiger partial charge in [0.15, 0.2) is 0 Å². The molecule has 3 nitrogen and oxygen atoms in total. The lowest BCUT2D eigenvalue weighted by atomic mass is 10.0. The standard InChI is InChI=1S/C31H58O3/c1-3-4-5-6-7-8-9-10-11-12-13-14-15-16-17-18-19-20-21-22-23-24-25-26-27-28-30(33)31(34)29(2)32/h3-28H2,1-2H3. The summed E-state index contributed by atoms with van der Waals surface area (Å²) in [4.78, 5) is 33.5. The van der Waals surface area contributed by atoms with E-state index in [-0.39, 0.29) is 6.42 Å². The van der Waals surface area contributed by atoms with Crippen LogP contribution in [-0.4, -0.2) is 17.3 Å². The molecule has 0 unspecified atom stereocenters. The highest BCUT2D eigenvalue weighted by Crippen LogP contribution is 2.16. The van der Waals surface area contributed by atoms with Crippen LogP contribution in [0.25, 0.3) is 0 Å². The van der Waals surface area contributed by atoms with Crippen LogP contribution in [0.2, 0.25) is 0 Å². The zero-order valence-corrected chi connectivity index (χ0v) is 23.1. The van der Waals surface area contributed by atoms with E-state index in [4.69, 9.17) is 0 Å². The third kappa shape index (κ3) is 24.1. The Bertz CT molecular complexity index is 483. The number of carbonyl (C=O) groups excluding carboxylic acids is 3. The van der Waals surface area contributed by atoms with Crippen LogP contribution in [0.3, 0.4) is 0 Å². The van der Waals surface area contributed by atoms with Gasteiger partial charge in [-0.2, -0.15) is 0 Å². The summed E-state index contributed by atoms with van der Waals surface area (Å²) in [6.07, 6.45) is 34.0. The number of rotatable bonds is 28. The largest absolute Gasteiger partial charge is 0.291 e. The number of hydrogen-bond donors (Lipinski definition) is 0. The van der Waals surface area contributed by atoms with Gasteiger partial charge in [-0.3, -0.25) is 14.4 Å². The van der Waals surface area contributed by atoms with Crippen LogP contribution in [0.4, 0.5) is 0 Å². The van der Waals surface area contributed by atoms with E-state index >= 15 is 0 Å². The van der Waals surface area contributed by atoms with Gasteiger partial charge in [-0.1, -0.05) is 161 Å². The molecule has 0 aliphatic heterocycles. The Kier molecular flexibility index (Phi) is 25.8. The van der Waals surface area contributed by atoms with Crippen molar-refractivity contribution < 1.29 is 14.4 Å². The molecular weight excluding hydrogens is 420 g/mol. The summed E-state index contributed by atoms with van der Waals surface area (Å²) in [6, 6.07) is 0. The fourth-order valence-corrected chi connectivity index (χ4v) is 4.73. The second-order valence-corrected chi connectivity index (χ2v) is 10.5.